The molecule has 5 aromatic carbocycles. The first-order chi connectivity index (χ1) is 19.5. The van der Waals surface area contributed by atoms with Gasteiger partial charge in [0.15, 0.2) is 64.0 Å². The van der Waals surface area contributed by atoms with Crippen molar-refractivity contribution in [3.05, 3.63) is 118 Å². The van der Waals surface area contributed by atoms with Crippen LogP contribution in [-0.4, -0.2) is 12.7 Å². The number of halogens is 10. The van der Waals surface area contributed by atoms with Crippen LogP contribution in [0.3, 0.4) is 0 Å². The molecule has 1 aliphatic carbocycles. The van der Waals surface area contributed by atoms with Gasteiger partial charge >= 0.3 is 6.92 Å². The van der Waals surface area contributed by atoms with E-state index < -0.39 is 87.9 Å². The molecule has 0 saturated carbocycles. The monoisotopic (exact) mass is 578 g/mol. The summed E-state index contributed by atoms with van der Waals surface area (Å²) in [6.45, 7) is -3.18. The first-order valence-corrected chi connectivity index (χ1v) is 11.6. The molecule has 0 amide bonds. The zero-order valence-corrected chi connectivity index (χ0v) is 19.9. The maximum atomic E-state index is 15.0. The van der Waals surface area contributed by atoms with Crippen molar-refractivity contribution in [3.63, 3.8) is 0 Å². The van der Waals surface area contributed by atoms with Crippen molar-refractivity contribution in [3.8, 4) is 0 Å². The summed E-state index contributed by atoms with van der Waals surface area (Å²) in [6.07, 6.45) is -2.05. The normalized spacial score (nSPS) is 14.5. The van der Waals surface area contributed by atoms with E-state index in [0.29, 0.717) is 21.5 Å². The number of benzene rings is 5. The summed E-state index contributed by atoms with van der Waals surface area (Å²) in [5.41, 5.74) is -4.22. The van der Waals surface area contributed by atoms with E-state index in [9.17, 15) is 48.7 Å². The largest absolute Gasteiger partial charge is 0.413 e. The molecule has 0 aliphatic heterocycles. The van der Waals surface area contributed by atoms with Crippen molar-refractivity contribution in [2.45, 2.75) is 6.10 Å². The van der Waals surface area contributed by atoms with Crippen molar-refractivity contribution in [1.29, 1.82) is 0 Å². The molecule has 0 saturated heterocycles. The highest BCUT2D eigenvalue weighted by atomic mass is 19.2. The van der Waals surface area contributed by atoms with Gasteiger partial charge < -0.3 is 4.65 Å². The number of carbonyl (C=O) groups is 1. The number of ketones is 1. The summed E-state index contributed by atoms with van der Waals surface area (Å²) in [5.74, 6) is -27.3. The number of Topliss-reactive ketones (excluding diaryl/α,β-unsaturated/α-hetero) is 1. The van der Waals surface area contributed by atoms with Crippen LogP contribution >= 0.6 is 0 Å². The predicted molar refractivity (Wildman–Crippen MR) is 127 cm³/mol. The standard InChI is InChI=1S/C28H9BF10O2/c30-17-15(18(31)22(35)25(38)21(17)34)29(16-19(32)23(36)26(39)24(37)20(16)33)41-28-12-6-2-4-10-8-7-9-3-1-5-11(27(28)40)13(9)14(10)12/h1-8,28H. The molecule has 0 fully saturated rings. The van der Waals surface area contributed by atoms with E-state index in [2.05, 4.69) is 0 Å². The second-order valence-electron chi connectivity index (χ2n) is 9.14. The highest BCUT2D eigenvalue weighted by Crippen LogP contribution is 2.41. The van der Waals surface area contributed by atoms with Crippen LogP contribution in [0.25, 0.3) is 21.5 Å². The van der Waals surface area contributed by atoms with Gasteiger partial charge in [0, 0.05) is 21.9 Å². The Morgan fingerprint density at radius 2 is 0.927 bits per heavy atom. The highest BCUT2D eigenvalue weighted by molar-refractivity contribution is 6.80. The van der Waals surface area contributed by atoms with Crippen molar-refractivity contribution in [1.82, 2.24) is 0 Å². The molecule has 2 nitrogen and oxygen atoms in total. The van der Waals surface area contributed by atoms with Gasteiger partial charge in [-0.25, -0.2) is 43.9 Å². The van der Waals surface area contributed by atoms with Gasteiger partial charge in [-0.1, -0.05) is 48.5 Å². The zero-order valence-electron chi connectivity index (χ0n) is 19.9. The second kappa shape index (κ2) is 9.33. The Balaban J connectivity index is 1.67. The van der Waals surface area contributed by atoms with E-state index in [-0.39, 0.29) is 11.1 Å². The first kappa shape index (κ1) is 26.8. The van der Waals surface area contributed by atoms with E-state index in [0.717, 1.165) is 0 Å². The van der Waals surface area contributed by atoms with Crippen molar-refractivity contribution in [2.24, 2.45) is 0 Å². The van der Waals surface area contributed by atoms with Crippen LogP contribution in [0.2, 0.25) is 0 Å². The van der Waals surface area contributed by atoms with Gasteiger partial charge in [-0.3, -0.25) is 4.79 Å². The van der Waals surface area contributed by atoms with Crippen LogP contribution < -0.4 is 10.9 Å². The van der Waals surface area contributed by atoms with Gasteiger partial charge in [0.2, 0.25) is 0 Å². The quantitative estimate of drug-likeness (QED) is 0.0807. The van der Waals surface area contributed by atoms with Gasteiger partial charge in [-0.05, 0) is 21.7 Å². The lowest BCUT2D eigenvalue weighted by Crippen LogP contribution is -2.54. The minimum Gasteiger partial charge on any atom is -0.413 e. The fraction of sp³-hybridized carbons (Fsp3) is 0.0357. The van der Waals surface area contributed by atoms with Crippen LogP contribution in [0, 0.1) is 58.2 Å². The van der Waals surface area contributed by atoms with Crippen molar-refractivity contribution < 1.29 is 53.4 Å². The molecule has 0 spiro atoms. The van der Waals surface area contributed by atoms with Crippen LogP contribution in [0.1, 0.15) is 22.0 Å². The minimum absolute atomic E-state index is 0.0367. The molecular weight excluding hydrogens is 569 g/mol. The molecule has 13 heteroatoms. The summed E-state index contributed by atoms with van der Waals surface area (Å²) in [6, 6.07) is 12.1. The first-order valence-electron chi connectivity index (χ1n) is 11.6. The molecule has 0 aromatic heterocycles. The third-order valence-corrected chi connectivity index (χ3v) is 6.99. The van der Waals surface area contributed by atoms with E-state index >= 15 is 0 Å². The molecule has 1 unspecified atom stereocenters. The average Bonchev–Trinajstić information content (AvgIpc) is 2.98. The molecule has 0 radical (unpaired) electrons. The van der Waals surface area contributed by atoms with Gasteiger partial charge in [0.1, 0.15) is 6.10 Å². The summed E-state index contributed by atoms with van der Waals surface area (Å²) >= 11 is 0. The van der Waals surface area contributed by atoms with E-state index in [1.165, 1.54) is 24.3 Å². The smallest absolute Gasteiger partial charge is 0.374 e. The fourth-order valence-corrected chi connectivity index (χ4v) is 5.15. The van der Waals surface area contributed by atoms with Gasteiger partial charge in [-0.2, -0.15) is 0 Å². The van der Waals surface area contributed by atoms with Crippen LogP contribution in [0.15, 0.2) is 48.5 Å². The molecule has 5 aromatic rings. The molecule has 0 heterocycles. The molecule has 6 rings (SSSR count). The minimum atomic E-state index is -3.18. The lowest BCUT2D eigenvalue weighted by atomic mass is 9.53. The van der Waals surface area contributed by atoms with Crippen molar-refractivity contribution in [2.75, 3.05) is 0 Å². The van der Waals surface area contributed by atoms with Gasteiger partial charge in [0.25, 0.3) is 0 Å². The van der Waals surface area contributed by atoms with Gasteiger partial charge in [0.05, 0.1) is 0 Å². The molecule has 41 heavy (non-hydrogen) atoms. The Morgan fingerprint density at radius 3 is 1.41 bits per heavy atom. The Morgan fingerprint density at radius 1 is 0.512 bits per heavy atom. The Hall–Kier alpha value is -4.39. The molecule has 0 N–H and O–H groups in total. The van der Waals surface area contributed by atoms with Crippen LogP contribution in [0.4, 0.5) is 43.9 Å². The molecule has 206 valence electrons. The maximum Gasteiger partial charge on any atom is 0.374 e. The van der Waals surface area contributed by atoms with Crippen LogP contribution in [-0.2, 0) is 4.65 Å². The van der Waals surface area contributed by atoms with E-state index in [1.807, 2.05) is 0 Å². The van der Waals surface area contributed by atoms with Crippen LogP contribution in [0.5, 0.6) is 0 Å². The summed E-state index contributed by atoms with van der Waals surface area (Å²) < 4.78 is 150. The highest BCUT2D eigenvalue weighted by Gasteiger charge is 2.45. The third kappa shape index (κ3) is 3.68. The molecular formula is C28H9BF10O2. The SMILES string of the molecule is O=C1c2cccc3ccc4cccc(c4c23)C1OB(c1c(F)c(F)c(F)c(F)c1F)c1c(F)c(F)c(F)c(F)c1F. The Labute approximate surface area is 222 Å². The lowest BCUT2D eigenvalue weighted by molar-refractivity contribution is 0.0796. The summed E-state index contributed by atoms with van der Waals surface area (Å²) in [5, 5.41) is 1.84. The third-order valence-electron chi connectivity index (χ3n) is 6.99. The molecule has 0 bridgehead atoms. The summed E-state index contributed by atoms with van der Waals surface area (Å²) in [4.78, 5) is 13.6. The topological polar surface area (TPSA) is 26.3 Å². The maximum absolute atomic E-state index is 15.0. The lowest BCUT2D eigenvalue weighted by Gasteiger charge is -2.29. The second-order valence-corrected chi connectivity index (χ2v) is 9.14. The number of rotatable bonds is 4. The Bertz CT molecular complexity index is 1850. The number of hydrogen-bond donors (Lipinski definition) is 0. The summed E-state index contributed by atoms with van der Waals surface area (Å²) in [7, 11) is 0. The fourth-order valence-electron chi connectivity index (χ4n) is 5.15. The molecule has 1 aliphatic rings. The van der Waals surface area contributed by atoms with E-state index in [4.69, 9.17) is 4.65 Å². The number of carbonyl (C=O) groups excluding carboxylic acids is 1. The number of hydrogen-bond acceptors (Lipinski definition) is 2. The zero-order chi connectivity index (χ0) is 29.5. The van der Waals surface area contributed by atoms with Crippen molar-refractivity contribution >= 4 is 45.2 Å². The predicted octanol–water partition coefficient (Wildman–Crippen LogP) is 6.44. The average molecular weight is 578 g/mol. The van der Waals surface area contributed by atoms with Gasteiger partial charge in [-0.15, -0.1) is 0 Å². The molecule has 1 atom stereocenters. The Kier molecular flexibility index (Phi) is 6.11. The van der Waals surface area contributed by atoms with E-state index in [1.54, 1.807) is 24.3 Å².